The van der Waals surface area contributed by atoms with Crippen LogP contribution in [-0.2, 0) is 17.3 Å². The molecule has 1 aromatic rings. The summed E-state index contributed by atoms with van der Waals surface area (Å²) in [5.41, 5.74) is 0.923. The Bertz CT molecular complexity index is 323. The normalized spacial score (nSPS) is 19.2. The summed E-state index contributed by atoms with van der Waals surface area (Å²) in [7, 11) is 1.87. The molecule has 0 spiro atoms. The van der Waals surface area contributed by atoms with E-state index in [0.717, 1.165) is 18.4 Å². The van der Waals surface area contributed by atoms with Crippen molar-refractivity contribution in [3.8, 4) is 0 Å². The van der Waals surface area contributed by atoms with Crippen molar-refractivity contribution in [1.29, 1.82) is 0 Å². The Labute approximate surface area is 71.4 Å². The van der Waals surface area contributed by atoms with Crippen molar-refractivity contribution in [2.24, 2.45) is 7.05 Å². The fourth-order valence-electron chi connectivity index (χ4n) is 1.64. The molecule has 0 radical (unpaired) electrons. The molecule has 0 N–H and O–H groups in total. The van der Waals surface area contributed by atoms with E-state index in [-0.39, 0.29) is 11.2 Å². The zero-order valence-corrected chi connectivity index (χ0v) is 7.37. The summed E-state index contributed by atoms with van der Waals surface area (Å²) in [6.45, 7) is 1.67. The van der Waals surface area contributed by atoms with Crippen LogP contribution < -0.4 is 0 Å². The van der Waals surface area contributed by atoms with E-state index in [1.54, 1.807) is 17.8 Å². The van der Waals surface area contributed by atoms with Crippen LogP contribution in [0.1, 0.15) is 25.3 Å². The molecule has 0 bridgehead atoms. The van der Waals surface area contributed by atoms with Crippen LogP contribution in [0.2, 0.25) is 0 Å². The highest BCUT2D eigenvalue weighted by atomic mass is 16.1. The smallest absolute Gasteiger partial charge is 0.140 e. The first-order chi connectivity index (χ1) is 5.65. The monoisotopic (exact) mass is 164 g/mol. The van der Waals surface area contributed by atoms with Crippen LogP contribution in [0, 0.1) is 0 Å². The number of nitrogens with zero attached hydrogens (tertiary/aromatic N) is 2. The minimum absolute atomic E-state index is 0.158. The van der Waals surface area contributed by atoms with Crippen LogP contribution >= 0.6 is 0 Å². The van der Waals surface area contributed by atoms with Crippen LogP contribution in [0.15, 0.2) is 12.4 Å². The summed E-state index contributed by atoms with van der Waals surface area (Å²) in [5, 5.41) is 4.07. The molecule has 1 aliphatic carbocycles. The number of aryl methyl sites for hydroxylation is 1. The summed E-state index contributed by atoms with van der Waals surface area (Å²) in [6.07, 6.45) is 5.73. The highest BCUT2D eigenvalue weighted by Gasteiger charge is 2.49. The molecule has 0 aliphatic heterocycles. The van der Waals surface area contributed by atoms with Gasteiger partial charge in [0, 0.05) is 18.8 Å². The molecule has 1 aromatic heterocycles. The average Bonchev–Trinajstić information content (AvgIpc) is 2.71. The third kappa shape index (κ3) is 0.891. The van der Waals surface area contributed by atoms with Crippen molar-refractivity contribution in [3.63, 3.8) is 0 Å². The Balaban J connectivity index is 2.36. The topological polar surface area (TPSA) is 34.9 Å². The third-order valence-electron chi connectivity index (χ3n) is 2.68. The van der Waals surface area contributed by atoms with E-state index in [1.807, 2.05) is 13.2 Å². The molecule has 0 saturated heterocycles. The van der Waals surface area contributed by atoms with Crippen molar-refractivity contribution in [2.75, 3.05) is 0 Å². The predicted molar refractivity (Wildman–Crippen MR) is 44.8 cm³/mol. The molecule has 1 aliphatic rings. The number of carbonyl (C=O) groups excluding carboxylic acids is 1. The van der Waals surface area contributed by atoms with Crippen LogP contribution in [0.25, 0.3) is 0 Å². The minimum atomic E-state index is -0.158. The van der Waals surface area contributed by atoms with Gasteiger partial charge in [-0.3, -0.25) is 9.48 Å². The summed E-state index contributed by atoms with van der Waals surface area (Å²) < 4.78 is 1.75. The lowest BCUT2D eigenvalue weighted by atomic mass is 9.95. The second kappa shape index (κ2) is 2.19. The molecule has 64 valence electrons. The molecule has 3 heteroatoms. The molecule has 0 unspecified atom stereocenters. The fourth-order valence-corrected chi connectivity index (χ4v) is 1.64. The fraction of sp³-hybridized carbons (Fsp3) is 0.556. The number of hydrogen-bond donors (Lipinski definition) is 0. The zero-order valence-electron chi connectivity index (χ0n) is 7.37. The van der Waals surface area contributed by atoms with Crippen molar-refractivity contribution in [1.82, 2.24) is 9.78 Å². The second-order valence-corrected chi connectivity index (χ2v) is 3.54. The predicted octanol–water partition coefficient (Wildman–Crippen LogP) is 1.04. The molecule has 1 heterocycles. The maximum Gasteiger partial charge on any atom is 0.140 e. The van der Waals surface area contributed by atoms with E-state index < -0.39 is 0 Å². The second-order valence-electron chi connectivity index (χ2n) is 3.54. The minimum Gasteiger partial charge on any atom is -0.299 e. The lowest BCUT2D eigenvalue weighted by Gasteiger charge is -2.06. The molecule has 12 heavy (non-hydrogen) atoms. The molecule has 0 atom stereocenters. The maximum atomic E-state index is 11.3. The highest BCUT2D eigenvalue weighted by Crippen LogP contribution is 2.48. The molecule has 1 saturated carbocycles. The van der Waals surface area contributed by atoms with Crippen molar-refractivity contribution < 1.29 is 4.79 Å². The lowest BCUT2D eigenvalue weighted by Crippen LogP contribution is -2.15. The van der Waals surface area contributed by atoms with Crippen LogP contribution in [0.3, 0.4) is 0 Å². The maximum absolute atomic E-state index is 11.3. The molecule has 1 fully saturated rings. The van der Waals surface area contributed by atoms with Crippen LogP contribution in [0.4, 0.5) is 0 Å². The van der Waals surface area contributed by atoms with E-state index in [2.05, 4.69) is 5.10 Å². The Morgan fingerprint density at radius 2 is 2.33 bits per heavy atom. The first-order valence-electron chi connectivity index (χ1n) is 4.15. The van der Waals surface area contributed by atoms with Gasteiger partial charge in [-0.25, -0.2) is 0 Å². The van der Waals surface area contributed by atoms with Gasteiger partial charge in [-0.1, -0.05) is 0 Å². The number of ketones is 1. The Morgan fingerprint density at radius 1 is 1.67 bits per heavy atom. The van der Waals surface area contributed by atoms with Gasteiger partial charge in [0.15, 0.2) is 0 Å². The van der Waals surface area contributed by atoms with E-state index in [0.29, 0.717) is 0 Å². The molecular weight excluding hydrogens is 152 g/mol. The van der Waals surface area contributed by atoms with E-state index in [4.69, 9.17) is 0 Å². The van der Waals surface area contributed by atoms with Gasteiger partial charge in [-0.05, 0) is 19.8 Å². The van der Waals surface area contributed by atoms with Crippen molar-refractivity contribution in [3.05, 3.63) is 18.0 Å². The first-order valence-corrected chi connectivity index (χ1v) is 4.15. The van der Waals surface area contributed by atoms with Gasteiger partial charge < -0.3 is 0 Å². The van der Waals surface area contributed by atoms with Crippen LogP contribution in [-0.4, -0.2) is 15.6 Å². The van der Waals surface area contributed by atoms with Gasteiger partial charge in [-0.15, -0.1) is 0 Å². The van der Waals surface area contributed by atoms with Gasteiger partial charge in [0.1, 0.15) is 5.78 Å². The summed E-state index contributed by atoms with van der Waals surface area (Å²) in [6, 6.07) is 0. The number of Topliss-reactive ketones (excluding diaryl/α,β-unsaturated/α-hetero) is 1. The largest absolute Gasteiger partial charge is 0.299 e. The first kappa shape index (κ1) is 7.53. The lowest BCUT2D eigenvalue weighted by molar-refractivity contribution is -0.119. The molecule has 0 aromatic carbocycles. The van der Waals surface area contributed by atoms with E-state index in [9.17, 15) is 4.79 Å². The molecular formula is C9H12N2O. The molecule has 3 nitrogen and oxygen atoms in total. The Kier molecular flexibility index (Phi) is 1.37. The number of hydrogen-bond acceptors (Lipinski definition) is 2. The van der Waals surface area contributed by atoms with Gasteiger partial charge in [-0.2, -0.15) is 5.10 Å². The van der Waals surface area contributed by atoms with Crippen LogP contribution in [0.5, 0.6) is 0 Å². The van der Waals surface area contributed by atoms with Crippen molar-refractivity contribution in [2.45, 2.75) is 25.2 Å². The number of rotatable bonds is 2. The summed E-state index contributed by atoms with van der Waals surface area (Å²) in [5.74, 6) is 0.274. The Hall–Kier alpha value is -1.12. The molecule has 0 amide bonds. The van der Waals surface area contributed by atoms with Gasteiger partial charge >= 0.3 is 0 Å². The van der Waals surface area contributed by atoms with Crippen molar-refractivity contribution >= 4 is 5.78 Å². The molecule has 2 rings (SSSR count). The standard InChI is InChI=1S/C9H12N2O/c1-7(12)9(3-4-9)8-5-10-11(2)6-8/h5-6H,3-4H2,1-2H3. The number of aromatic nitrogens is 2. The van der Waals surface area contributed by atoms with E-state index >= 15 is 0 Å². The third-order valence-corrected chi connectivity index (χ3v) is 2.68. The zero-order chi connectivity index (χ0) is 8.77. The van der Waals surface area contributed by atoms with Gasteiger partial charge in [0.2, 0.25) is 0 Å². The van der Waals surface area contributed by atoms with Gasteiger partial charge in [0.05, 0.1) is 11.6 Å². The quantitative estimate of drug-likeness (QED) is 0.654. The highest BCUT2D eigenvalue weighted by molar-refractivity contribution is 5.90. The SMILES string of the molecule is CC(=O)C1(c2cnn(C)c2)CC1. The van der Waals surface area contributed by atoms with Gasteiger partial charge in [0.25, 0.3) is 0 Å². The van der Waals surface area contributed by atoms with E-state index in [1.165, 1.54) is 0 Å². The number of carbonyl (C=O) groups is 1. The average molecular weight is 164 g/mol. The Morgan fingerprint density at radius 3 is 2.67 bits per heavy atom. The summed E-state index contributed by atoms with van der Waals surface area (Å²) in [4.78, 5) is 11.3. The summed E-state index contributed by atoms with van der Waals surface area (Å²) >= 11 is 0.